The molecule has 9 unspecified atom stereocenters. The number of aliphatic hydroxyl groups is 8. The number of hydrogen-bond acceptors (Lipinski definition) is 12. The van der Waals surface area contributed by atoms with E-state index in [4.69, 9.17) is 25.4 Å². The normalized spacial score (nSPS) is 31.7. The number of carbonyl (C=O) groups excluding carboxylic acids is 1. The summed E-state index contributed by atoms with van der Waals surface area (Å²) in [5.74, 6) is -2.21. The molecule has 1 saturated heterocycles. The summed E-state index contributed by atoms with van der Waals surface area (Å²) in [6.45, 7) is -2.07. The van der Waals surface area contributed by atoms with Gasteiger partial charge >= 0.3 is 0 Å². The molecule has 0 bridgehead atoms. The average Bonchev–Trinajstić information content (AvgIpc) is 2.73. The van der Waals surface area contributed by atoms with E-state index in [9.17, 15) is 35.4 Å². The third-order valence-electron chi connectivity index (χ3n) is 4.74. The second-order valence-electron chi connectivity index (χ2n) is 6.83. The minimum atomic E-state index is -1.93. The third-order valence-corrected chi connectivity index (χ3v) is 4.74. The van der Waals surface area contributed by atoms with Gasteiger partial charge in [0.15, 0.2) is 6.10 Å². The summed E-state index contributed by atoms with van der Waals surface area (Å²) in [7, 11) is 0. The van der Waals surface area contributed by atoms with Gasteiger partial charge in [-0.25, -0.2) is 0 Å². The zero-order valence-corrected chi connectivity index (χ0v) is 15.8. The van der Waals surface area contributed by atoms with Crippen molar-refractivity contribution in [2.24, 2.45) is 11.7 Å². The van der Waals surface area contributed by atoms with E-state index < -0.39 is 80.5 Å². The molecule has 13 heteroatoms. The Hall–Kier alpha value is -0.970. The zero-order valence-electron chi connectivity index (χ0n) is 15.8. The van der Waals surface area contributed by atoms with Gasteiger partial charge in [0.2, 0.25) is 0 Å². The van der Waals surface area contributed by atoms with E-state index in [-0.39, 0.29) is 19.7 Å². The Morgan fingerprint density at radius 2 is 1.69 bits per heavy atom. The fraction of sp³-hybridized carbons (Fsp3) is 0.938. The fourth-order valence-electron chi connectivity index (χ4n) is 2.90. The molecule has 29 heavy (non-hydrogen) atoms. The van der Waals surface area contributed by atoms with Crippen molar-refractivity contribution < 1.29 is 55.1 Å². The molecule has 0 spiro atoms. The van der Waals surface area contributed by atoms with Crippen molar-refractivity contribution in [3.8, 4) is 0 Å². The van der Waals surface area contributed by atoms with Crippen LogP contribution in [0.2, 0.25) is 0 Å². The van der Waals surface area contributed by atoms with Crippen molar-refractivity contribution in [3.63, 3.8) is 0 Å². The number of rotatable bonds is 12. The van der Waals surface area contributed by atoms with Gasteiger partial charge in [0, 0.05) is 19.0 Å². The van der Waals surface area contributed by atoms with Crippen LogP contribution in [0.25, 0.3) is 0 Å². The predicted octanol–water partition coefficient (Wildman–Crippen LogP) is -6.39. The van der Waals surface area contributed by atoms with E-state index >= 15 is 0 Å². The minimum absolute atomic E-state index is 0.0590. The number of nitrogens with one attached hydrogen (secondary N) is 1. The van der Waals surface area contributed by atoms with Gasteiger partial charge in [-0.05, 0) is 0 Å². The molecule has 0 aliphatic carbocycles. The maximum absolute atomic E-state index is 11.8. The lowest BCUT2D eigenvalue weighted by Crippen LogP contribution is -2.59. The molecular weight excluding hydrogens is 396 g/mol. The van der Waals surface area contributed by atoms with Gasteiger partial charge in [0.1, 0.15) is 30.5 Å². The van der Waals surface area contributed by atoms with Crippen LogP contribution in [0.15, 0.2) is 0 Å². The first-order valence-electron chi connectivity index (χ1n) is 9.20. The average molecular weight is 428 g/mol. The molecule has 9 atom stereocenters. The topological polar surface area (TPSA) is 235 Å². The number of hydrogen-bond donors (Lipinski definition) is 10. The summed E-state index contributed by atoms with van der Waals surface area (Å²) in [5, 5.41) is 80.1. The Balaban J connectivity index is 2.68. The number of ether oxygens (including phenoxy) is 2. The van der Waals surface area contributed by atoms with Crippen molar-refractivity contribution in [3.05, 3.63) is 0 Å². The molecule has 1 aliphatic heterocycles. The van der Waals surface area contributed by atoms with Crippen LogP contribution < -0.4 is 11.1 Å². The van der Waals surface area contributed by atoms with Crippen molar-refractivity contribution in [1.29, 1.82) is 0 Å². The van der Waals surface area contributed by atoms with Crippen LogP contribution in [0.1, 0.15) is 0 Å². The molecule has 1 heterocycles. The lowest BCUT2D eigenvalue weighted by Gasteiger charge is -2.40. The molecule has 0 saturated carbocycles. The highest BCUT2D eigenvalue weighted by Crippen LogP contribution is 2.22. The van der Waals surface area contributed by atoms with E-state index in [2.05, 4.69) is 5.32 Å². The molecule has 0 aromatic rings. The number of nitrogens with two attached hydrogens (primary N) is 1. The van der Waals surface area contributed by atoms with Crippen molar-refractivity contribution in [1.82, 2.24) is 5.32 Å². The Kier molecular flexibility index (Phi) is 11.4. The summed E-state index contributed by atoms with van der Waals surface area (Å²) in [6.07, 6.45) is -12.2. The number of amides is 1. The smallest absolute Gasteiger partial charge is 0.251 e. The van der Waals surface area contributed by atoms with Gasteiger partial charge < -0.3 is 61.4 Å². The first-order chi connectivity index (χ1) is 13.7. The van der Waals surface area contributed by atoms with Gasteiger partial charge in [-0.1, -0.05) is 0 Å². The van der Waals surface area contributed by atoms with E-state index in [1.807, 2.05) is 0 Å². The molecule has 0 radical (unpaired) electrons. The zero-order chi connectivity index (χ0) is 22.1. The predicted molar refractivity (Wildman–Crippen MR) is 95.2 cm³/mol. The summed E-state index contributed by atoms with van der Waals surface area (Å²) < 4.78 is 10.5. The highest BCUT2D eigenvalue weighted by molar-refractivity contribution is 5.81. The van der Waals surface area contributed by atoms with Gasteiger partial charge in [-0.2, -0.15) is 0 Å². The summed E-state index contributed by atoms with van der Waals surface area (Å²) in [6, 6.07) is 0. The van der Waals surface area contributed by atoms with Gasteiger partial charge in [0.25, 0.3) is 5.91 Å². The van der Waals surface area contributed by atoms with Crippen LogP contribution in [0.4, 0.5) is 0 Å². The summed E-state index contributed by atoms with van der Waals surface area (Å²) >= 11 is 0. The van der Waals surface area contributed by atoms with Crippen LogP contribution in [-0.2, 0) is 14.3 Å². The van der Waals surface area contributed by atoms with E-state index in [0.717, 1.165) is 0 Å². The molecule has 13 nitrogen and oxygen atoms in total. The SMILES string of the molecule is NCCNC(=O)C(O)C(O)C(COCC1OC(CO)C(O)C(O)C1O)C(O)CO. The Bertz CT molecular complexity index is 484. The Morgan fingerprint density at radius 3 is 2.24 bits per heavy atom. The second kappa shape index (κ2) is 12.7. The molecule has 0 aromatic heterocycles. The van der Waals surface area contributed by atoms with Gasteiger partial charge in [0.05, 0.1) is 38.6 Å². The van der Waals surface area contributed by atoms with E-state index in [1.165, 1.54) is 0 Å². The standard InChI is InChI=1S/C16H32N2O11/c17-1-2-18-16(27)15(26)11(22)7(8(21)3-19)5-28-6-10-13(24)14(25)12(23)9(4-20)29-10/h7-15,19-26H,1-6,17H2,(H,18,27). The first-order valence-corrected chi connectivity index (χ1v) is 9.20. The van der Waals surface area contributed by atoms with Crippen LogP contribution in [0.3, 0.4) is 0 Å². The van der Waals surface area contributed by atoms with Crippen molar-refractivity contribution >= 4 is 5.91 Å². The van der Waals surface area contributed by atoms with Crippen LogP contribution in [-0.4, -0.2) is 135 Å². The molecular formula is C16H32N2O11. The maximum Gasteiger partial charge on any atom is 0.251 e. The lowest BCUT2D eigenvalue weighted by atomic mass is 9.92. The summed E-state index contributed by atoms with van der Waals surface area (Å²) in [5.41, 5.74) is 5.24. The molecule has 1 aliphatic rings. The van der Waals surface area contributed by atoms with Gasteiger partial charge in [-0.3, -0.25) is 4.79 Å². The third kappa shape index (κ3) is 7.04. The number of carbonyl (C=O) groups is 1. The fourth-order valence-corrected chi connectivity index (χ4v) is 2.90. The van der Waals surface area contributed by atoms with Crippen LogP contribution in [0.5, 0.6) is 0 Å². The molecule has 11 N–H and O–H groups in total. The maximum atomic E-state index is 11.8. The highest BCUT2D eigenvalue weighted by atomic mass is 16.6. The molecule has 1 fully saturated rings. The Labute approximate surface area is 167 Å². The van der Waals surface area contributed by atoms with Gasteiger partial charge in [-0.15, -0.1) is 0 Å². The first kappa shape index (κ1) is 26.1. The molecule has 0 aromatic carbocycles. The summed E-state index contributed by atoms with van der Waals surface area (Å²) in [4.78, 5) is 11.8. The monoisotopic (exact) mass is 428 g/mol. The Morgan fingerprint density at radius 1 is 1.07 bits per heavy atom. The lowest BCUT2D eigenvalue weighted by molar-refractivity contribution is -0.240. The largest absolute Gasteiger partial charge is 0.394 e. The van der Waals surface area contributed by atoms with E-state index in [1.54, 1.807) is 0 Å². The van der Waals surface area contributed by atoms with Crippen molar-refractivity contribution in [2.45, 2.75) is 48.8 Å². The van der Waals surface area contributed by atoms with Crippen molar-refractivity contribution in [2.75, 3.05) is 39.5 Å². The molecule has 1 rings (SSSR count). The molecule has 1 amide bonds. The number of aliphatic hydroxyl groups excluding tert-OH is 8. The van der Waals surface area contributed by atoms with Crippen LogP contribution >= 0.6 is 0 Å². The molecule has 172 valence electrons. The van der Waals surface area contributed by atoms with E-state index in [0.29, 0.717) is 0 Å². The second-order valence-corrected chi connectivity index (χ2v) is 6.83. The highest BCUT2D eigenvalue weighted by Gasteiger charge is 2.43. The van der Waals surface area contributed by atoms with Crippen LogP contribution in [0, 0.1) is 5.92 Å². The quantitative estimate of drug-likeness (QED) is 0.140. The minimum Gasteiger partial charge on any atom is -0.394 e.